The third-order valence-electron chi connectivity index (χ3n) is 3.27. The molecule has 1 atom stereocenters. The van der Waals surface area contributed by atoms with E-state index in [0.717, 1.165) is 6.07 Å². The molecule has 116 valence electrons. The number of sulfone groups is 1. The molecule has 2 aromatic rings. The summed E-state index contributed by atoms with van der Waals surface area (Å²) in [4.78, 5) is 10.5. The highest BCUT2D eigenvalue weighted by Gasteiger charge is 2.26. The first kappa shape index (κ1) is 16.3. The Balaban J connectivity index is 2.64. The van der Waals surface area contributed by atoms with Crippen LogP contribution in [0.2, 0.25) is 5.02 Å². The molecule has 0 saturated heterocycles. The number of hydrogen-bond acceptors (Lipinski definition) is 4. The summed E-state index contributed by atoms with van der Waals surface area (Å²) in [5, 5.41) is 18.9. The predicted molar refractivity (Wildman–Crippen MR) is 81.1 cm³/mol. The number of carbonyl (C=O) groups is 1. The summed E-state index contributed by atoms with van der Waals surface area (Å²) < 4.78 is 25.3. The number of hydrogen-bond donors (Lipinski definition) is 2. The van der Waals surface area contributed by atoms with E-state index in [1.165, 1.54) is 37.3 Å². The lowest BCUT2D eigenvalue weighted by Gasteiger charge is -2.12. The molecule has 2 N–H and O–H groups in total. The van der Waals surface area contributed by atoms with Crippen molar-refractivity contribution < 1.29 is 23.4 Å². The van der Waals surface area contributed by atoms with Gasteiger partial charge in [-0.1, -0.05) is 29.8 Å². The first-order valence-corrected chi connectivity index (χ1v) is 8.16. The summed E-state index contributed by atoms with van der Waals surface area (Å²) >= 11 is 5.91. The van der Waals surface area contributed by atoms with Crippen molar-refractivity contribution in [3.05, 3.63) is 53.1 Å². The third kappa shape index (κ3) is 2.93. The molecular formula is C15H13ClO5S. The molecule has 0 aliphatic carbocycles. The Labute approximate surface area is 132 Å². The second-order valence-corrected chi connectivity index (χ2v) is 7.01. The van der Waals surface area contributed by atoms with Gasteiger partial charge in [-0.05, 0) is 36.8 Å². The topological polar surface area (TPSA) is 91.7 Å². The lowest BCUT2D eigenvalue weighted by molar-refractivity contribution is -0.138. The lowest BCUT2D eigenvalue weighted by atomic mass is 10.0. The molecule has 0 fully saturated rings. The summed E-state index contributed by atoms with van der Waals surface area (Å²) in [6, 6.07) is 9.55. The van der Waals surface area contributed by atoms with E-state index < -0.39 is 27.5 Å². The van der Waals surface area contributed by atoms with Crippen LogP contribution < -0.4 is 0 Å². The van der Waals surface area contributed by atoms with Crippen LogP contribution in [0.25, 0.3) is 0 Å². The molecule has 0 amide bonds. The van der Waals surface area contributed by atoms with Gasteiger partial charge in [-0.2, -0.15) is 0 Å². The zero-order chi connectivity index (χ0) is 16.5. The van der Waals surface area contributed by atoms with E-state index in [0.29, 0.717) is 0 Å². The number of aromatic hydroxyl groups is 1. The Morgan fingerprint density at radius 1 is 1.14 bits per heavy atom. The molecule has 22 heavy (non-hydrogen) atoms. The van der Waals surface area contributed by atoms with Crippen molar-refractivity contribution >= 4 is 27.4 Å². The Hall–Kier alpha value is -2.05. The molecule has 0 bridgehead atoms. The van der Waals surface area contributed by atoms with Crippen LogP contribution >= 0.6 is 11.6 Å². The first-order valence-electron chi connectivity index (χ1n) is 6.30. The molecule has 0 heterocycles. The molecule has 5 nitrogen and oxygen atoms in total. The average Bonchev–Trinajstić information content (AvgIpc) is 2.47. The average molecular weight is 341 g/mol. The fourth-order valence-corrected chi connectivity index (χ4v) is 3.83. The van der Waals surface area contributed by atoms with E-state index in [-0.39, 0.29) is 20.4 Å². The summed E-state index contributed by atoms with van der Waals surface area (Å²) in [6.45, 7) is 1.43. The smallest absolute Gasteiger partial charge is 0.310 e. The standard InChI is InChI=1S/C15H13ClO5S/c1-9(15(18)19)10-6-7-12(17)14(8-10)22(20,21)13-5-3-2-4-11(13)16/h2-9,17H,1H3,(H,18,19). The van der Waals surface area contributed by atoms with Gasteiger partial charge in [0.05, 0.1) is 15.8 Å². The maximum Gasteiger partial charge on any atom is 0.310 e. The summed E-state index contributed by atoms with van der Waals surface area (Å²) in [7, 11) is -4.06. The Morgan fingerprint density at radius 2 is 1.77 bits per heavy atom. The van der Waals surface area contributed by atoms with Gasteiger partial charge in [0.2, 0.25) is 9.84 Å². The lowest BCUT2D eigenvalue weighted by Crippen LogP contribution is -2.09. The van der Waals surface area contributed by atoms with Gasteiger partial charge in [0, 0.05) is 0 Å². The van der Waals surface area contributed by atoms with Gasteiger partial charge in [0.15, 0.2) is 0 Å². The van der Waals surface area contributed by atoms with Crippen LogP contribution in [0.4, 0.5) is 0 Å². The van der Waals surface area contributed by atoms with Crippen molar-refractivity contribution in [2.24, 2.45) is 0 Å². The van der Waals surface area contributed by atoms with E-state index in [2.05, 4.69) is 0 Å². The molecule has 1 unspecified atom stereocenters. The maximum absolute atomic E-state index is 12.6. The number of rotatable bonds is 4. The fraction of sp³-hybridized carbons (Fsp3) is 0.133. The SMILES string of the molecule is CC(C(=O)O)c1ccc(O)c(S(=O)(=O)c2ccccc2Cl)c1. The van der Waals surface area contributed by atoms with Crippen LogP contribution in [-0.2, 0) is 14.6 Å². The minimum absolute atomic E-state index is 0.0265. The van der Waals surface area contributed by atoms with Gasteiger partial charge in [0.1, 0.15) is 10.6 Å². The first-order chi connectivity index (χ1) is 10.2. The Bertz CT molecular complexity index is 830. The summed E-state index contributed by atoms with van der Waals surface area (Å²) in [5.74, 6) is -2.45. The van der Waals surface area contributed by atoms with Gasteiger partial charge in [-0.15, -0.1) is 0 Å². The van der Waals surface area contributed by atoms with Crippen LogP contribution in [-0.4, -0.2) is 24.6 Å². The minimum Gasteiger partial charge on any atom is -0.507 e. The van der Waals surface area contributed by atoms with Gasteiger partial charge >= 0.3 is 5.97 Å². The molecule has 2 aromatic carbocycles. The van der Waals surface area contributed by atoms with Crippen molar-refractivity contribution in [1.82, 2.24) is 0 Å². The van der Waals surface area contributed by atoms with Gasteiger partial charge in [-0.3, -0.25) is 4.79 Å². The molecule has 0 spiro atoms. The number of benzene rings is 2. The van der Waals surface area contributed by atoms with Crippen molar-refractivity contribution in [2.45, 2.75) is 22.6 Å². The van der Waals surface area contributed by atoms with E-state index in [9.17, 15) is 18.3 Å². The molecule has 0 aliphatic heterocycles. The van der Waals surface area contributed by atoms with Crippen molar-refractivity contribution in [1.29, 1.82) is 0 Å². The van der Waals surface area contributed by atoms with E-state index >= 15 is 0 Å². The van der Waals surface area contributed by atoms with Crippen molar-refractivity contribution in [3.63, 3.8) is 0 Å². The second-order valence-electron chi connectivity index (χ2n) is 4.72. The number of phenols is 1. The highest BCUT2D eigenvalue weighted by molar-refractivity contribution is 7.91. The number of halogens is 1. The van der Waals surface area contributed by atoms with Crippen LogP contribution in [0.5, 0.6) is 5.75 Å². The quantitative estimate of drug-likeness (QED) is 0.892. The van der Waals surface area contributed by atoms with Crippen LogP contribution in [0.3, 0.4) is 0 Å². The molecule has 7 heteroatoms. The highest BCUT2D eigenvalue weighted by Crippen LogP contribution is 2.34. The number of carboxylic acids is 1. The Morgan fingerprint density at radius 3 is 2.36 bits per heavy atom. The third-order valence-corrected chi connectivity index (χ3v) is 5.55. The van der Waals surface area contributed by atoms with Gasteiger partial charge < -0.3 is 10.2 Å². The molecule has 2 rings (SSSR count). The van der Waals surface area contributed by atoms with E-state index in [1.807, 2.05) is 0 Å². The number of phenolic OH excluding ortho intramolecular Hbond substituents is 1. The molecule has 0 aliphatic rings. The molecule has 0 saturated carbocycles. The van der Waals surface area contributed by atoms with Crippen molar-refractivity contribution in [3.8, 4) is 5.75 Å². The normalized spacial score (nSPS) is 12.8. The zero-order valence-electron chi connectivity index (χ0n) is 11.5. The summed E-state index contributed by atoms with van der Waals surface area (Å²) in [5.41, 5.74) is 0.274. The summed E-state index contributed by atoms with van der Waals surface area (Å²) in [6.07, 6.45) is 0. The molecular weight excluding hydrogens is 328 g/mol. The molecule has 0 radical (unpaired) electrons. The van der Waals surface area contributed by atoms with Gasteiger partial charge in [0.25, 0.3) is 0 Å². The van der Waals surface area contributed by atoms with Crippen LogP contribution in [0.15, 0.2) is 52.3 Å². The monoisotopic (exact) mass is 340 g/mol. The zero-order valence-corrected chi connectivity index (χ0v) is 13.1. The second kappa shape index (κ2) is 5.98. The number of aliphatic carboxylic acids is 1. The van der Waals surface area contributed by atoms with Gasteiger partial charge in [-0.25, -0.2) is 8.42 Å². The predicted octanol–water partition coefficient (Wildman–Crippen LogP) is 3.07. The van der Waals surface area contributed by atoms with E-state index in [4.69, 9.17) is 16.7 Å². The Kier molecular flexibility index (Phi) is 4.44. The number of carboxylic acid groups (broad SMARTS) is 1. The minimum atomic E-state index is -4.06. The maximum atomic E-state index is 12.6. The largest absolute Gasteiger partial charge is 0.507 e. The fourth-order valence-electron chi connectivity index (χ4n) is 1.94. The van der Waals surface area contributed by atoms with Crippen molar-refractivity contribution in [2.75, 3.05) is 0 Å². The highest BCUT2D eigenvalue weighted by atomic mass is 35.5. The molecule has 0 aromatic heterocycles. The van der Waals surface area contributed by atoms with Crippen LogP contribution in [0, 0.1) is 0 Å². The van der Waals surface area contributed by atoms with Crippen LogP contribution in [0.1, 0.15) is 18.4 Å². The van der Waals surface area contributed by atoms with E-state index in [1.54, 1.807) is 6.07 Å².